The highest BCUT2D eigenvalue weighted by molar-refractivity contribution is 6.15. The van der Waals surface area contributed by atoms with Gasteiger partial charge in [0.15, 0.2) is 5.78 Å². The van der Waals surface area contributed by atoms with E-state index < -0.39 is 17.9 Å². The molecule has 3 N–H and O–H groups in total. The summed E-state index contributed by atoms with van der Waals surface area (Å²) < 4.78 is 5.32. The zero-order chi connectivity index (χ0) is 26.7. The molecule has 0 unspecified atom stereocenters. The molecule has 0 aromatic heterocycles. The van der Waals surface area contributed by atoms with Gasteiger partial charge in [-0.1, -0.05) is 84.9 Å². The number of carbonyl (C=O) groups excluding carboxylic acids is 4. The highest BCUT2D eigenvalue weighted by Gasteiger charge is 2.18. The van der Waals surface area contributed by atoms with E-state index in [0.29, 0.717) is 11.3 Å². The molecule has 0 radical (unpaired) electrons. The van der Waals surface area contributed by atoms with E-state index in [1.165, 1.54) is 6.07 Å². The molecule has 0 heterocycles. The summed E-state index contributed by atoms with van der Waals surface area (Å²) >= 11 is 0. The molecule has 0 atom stereocenters. The summed E-state index contributed by atoms with van der Waals surface area (Å²) in [6, 6.07) is 30.2. The Labute approximate surface area is 219 Å². The van der Waals surface area contributed by atoms with Crippen LogP contribution in [0.25, 0.3) is 0 Å². The van der Waals surface area contributed by atoms with Crippen LogP contribution in [0.3, 0.4) is 0 Å². The average Bonchev–Trinajstić information content (AvgIpc) is 2.96. The van der Waals surface area contributed by atoms with Crippen molar-refractivity contribution in [2.45, 2.75) is 6.61 Å². The first-order valence-electron chi connectivity index (χ1n) is 11.8. The molecule has 4 aromatic carbocycles. The Bertz CT molecular complexity index is 1440. The molecule has 190 valence electrons. The number of rotatable bonds is 9. The van der Waals surface area contributed by atoms with E-state index >= 15 is 0 Å². The van der Waals surface area contributed by atoms with Crippen LogP contribution in [-0.4, -0.2) is 30.4 Å². The van der Waals surface area contributed by atoms with Gasteiger partial charge in [0.25, 0.3) is 5.91 Å². The van der Waals surface area contributed by atoms with Crippen molar-refractivity contribution in [3.05, 3.63) is 137 Å². The molecule has 0 aliphatic carbocycles. The van der Waals surface area contributed by atoms with E-state index in [9.17, 15) is 19.2 Å². The molecule has 4 aromatic rings. The largest absolute Gasteiger partial charge is 0.457 e. The van der Waals surface area contributed by atoms with Crippen LogP contribution in [0.5, 0.6) is 0 Å². The van der Waals surface area contributed by atoms with E-state index in [-0.39, 0.29) is 35.7 Å². The van der Waals surface area contributed by atoms with Gasteiger partial charge in [0.2, 0.25) is 0 Å². The second-order valence-corrected chi connectivity index (χ2v) is 8.20. The third-order valence-corrected chi connectivity index (χ3v) is 5.52. The van der Waals surface area contributed by atoms with Crippen molar-refractivity contribution in [3.63, 3.8) is 0 Å². The van der Waals surface area contributed by atoms with Crippen molar-refractivity contribution in [2.75, 3.05) is 12.0 Å². The molecule has 0 saturated carbocycles. The number of hydrogen-bond donors (Lipinski definition) is 3. The van der Waals surface area contributed by atoms with Gasteiger partial charge in [-0.25, -0.2) is 9.59 Å². The number of ether oxygens (including phenoxy) is 1. The summed E-state index contributed by atoms with van der Waals surface area (Å²) in [7, 11) is 0. The predicted molar refractivity (Wildman–Crippen MR) is 143 cm³/mol. The summed E-state index contributed by atoms with van der Waals surface area (Å²) in [5, 5.41) is 7.72. The summed E-state index contributed by atoms with van der Waals surface area (Å²) in [4.78, 5) is 50.3. The monoisotopic (exact) mass is 507 g/mol. The van der Waals surface area contributed by atoms with Crippen LogP contribution in [0.2, 0.25) is 0 Å². The third-order valence-electron chi connectivity index (χ3n) is 5.52. The van der Waals surface area contributed by atoms with Crippen molar-refractivity contribution in [3.8, 4) is 0 Å². The molecule has 8 nitrogen and oxygen atoms in total. The lowest BCUT2D eigenvalue weighted by Crippen LogP contribution is -2.39. The summed E-state index contributed by atoms with van der Waals surface area (Å²) in [5.41, 5.74) is 2.45. The number of urea groups is 1. The van der Waals surface area contributed by atoms with Gasteiger partial charge in [-0.3, -0.25) is 9.59 Å². The minimum absolute atomic E-state index is 0.136. The Balaban J connectivity index is 1.29. The van der Waals surface area contributed by atoms with Crippen molar-refractivity contribution in [2.24, 2.45) is 0 Å². The molecule has 0 aliphatic rings. The minimum Gasteiger partial charge on any atom is -0.457 e. The smallest absolute Gasteiger partial charge is 0.338 e. The summed E-state index contributed by atoms with van der Waals surface area (Å²) in [6.07, 6.45) is 0. The Morgan fingerprint density at radius 1 is 0.632 bits per heavy atom. The van der Waals surface area contributed by atoms with Gasteiger partial charge >= 0.3 is 12.0 Å². The molecule has 0 saturated heterocycles. The van der Waals surface area contributed by atoms with Gasteiger partial charge in [0.05, 0.1) is 17.8 Å². The van der Waals surface area contributed by atoms with Crippen LogP contribution in [0.15, 0.2) is 109 Å². The van der Waals surface area contributed by atoms with E-state index in [2.05, 4.69) is 16.0 Å². The molecule has 38 heavy (non-hydrogen) atoms. The molecule has 0 spiro atoms. The predicted octanol–water partition coefficient (Wildman–Crippen LogP) is 4.78. The molecular weight excluding hydrogens is 482 g/mol. The summed E-state index contributed by atoms with van der Waals surface area (Å²) in [6.45, 7) is -0.0467. The Morgan fingerprint density at radius 2 is 1.26 bits per heavy atom. The van der Waals surface area contributed by atoms with Gasteiger partial charge in [0, 0.05) is 16.8 Å². The Morgan fingerprint density at radius 3 is 2.00 bits per heavy atom. The van der Waals surface area contributed by atoms with Crippen LogP contribution in [0.1, 0.15) is 42.2 Å². The molecule has 0 bridgehead atoms. The standard InChI is InChI=1S/C30H25N3O5/c34-27(22-12-5-2-6-13-22)25-16-7-8-17-26(25)28(35)31-20-32-30(37)33-24-15-9-14-23(18-24)29(36)38-19-21-10-3-1-4-11-21/h1-18H,19-20H2,(H,31,35)(H2,32,33,37). The highest BCUT2D eigenvalue weighted by Crippen LogP contribution is 2.15. The zero-order valence-electron chi connectivity index (χ0n) is 20.3. The van der Waals surface area contributed by atoms with Crippen LogP contribution in [0.4, 0.5) is 10.5 Å². The Kier molecular flexibility index (Phi) is 8.60. The van der Waals surface area contributed by atoms with Gasteiger partial charge in [-0.15, -0.1) is 0 Å². The first kappa shape index (κ1) is 25.8. The number of benzene rings is 4. The van der Waals surface area contributed by atoms with Gasteiger partial charge in [0.1, 0.15) is 6.61 Å². The SMILES string of the molecule is O=C(NCNC(=O)c1ccccc1C(=O)c1ccccc1)Nc1cccc(C(=O)OCc2ccccc2)c1. The fraction of sp³-hybridized carbons (Fsp3) is 0.0667. The lowest BCUT2D eigenvalue weighted by atomic mass is 9.98. The maximum atomic E-state index is 12.9. The molecule has 4 rings (SSSR count). The van der Waals surface area contributed by atoms with Crippen molar-refractivity contribution < 1.29 is 23.9 Å². The quantitative estimate of drug-likeness (QED) is 0.171. The van der Waals surface area contributed by atoms with Crippen LogP contribution >= 0.6 is 0 Å². The average molecular weight is 508 g/mol. The van der Waals surface area contributed by atoms with E-state index in [0.717, 1.165) is 5.56 Å². The third kappa shape index (κ3) is 6.92. The van der Waals surface area contributed by atoms with Gasteiger partial charge < -0.3 is 20.7 Å². The fourth-order valence-electron chi connectivity index (χ4n) is 3.63. The van der Waals surface area contributed by atoms with Gasteiger partial charge in [-0.2, -0.15) is 0 Å². The number of anilines is 1. The van der Waals surface area contributed by atoms with E-state index in [4.69, 9.17) is 4.74 Å². The molecular formula is C30H25N3O5. The van der Waals surface area contributed by atoms with Crippen molar-refractivity contribution >= 4 is 29.4 Å². The number of hydrogen-bond acceptors (Lipinski definition) is 5. The number of amides is 3. The second kappa shape index (κ2) is 12.6. The molecule has 8 heteroatoms. The highest BCUT2D eigenvalue weighted by atomic mass is 16.5. The maximum absolute atomic E-state index is 12.9. The second-order valence-electron chi connectivity index (χ2n) is 8.20. The van der Waals surface area contributed by atoms with E-state index in [1.807, 2.05) is 30.3 Å². The van der Waals surface area contributed by atoms with E-state index in [1.54, 1.807) is 72.8 Å². The lowest BCUT2D eigenvalue weighted by Gasteiger charge is -2.12. The number of ketones is 1. The summed E-state index contributed by atoms with van der Waals surface area (Å²) in [5.74, 6) is -1.30. The maximum Gasteiger partial charge on any atom is 0.338 e. The minimum atomic E-state index is -0.589. The fourth-order valence-corrected chi connectivity index (χ4v) is 3.63. The zero-order valence-corrected chi connectivity index (χ0v) is 20.3. The van der Waals surface area contributed by atoms with Crippen molar-refractivity contribution in [1.29, 1.82) is 0 Å². The van der Waals surface area contributed by atoms with Gasteiger partial charge in [-0.05, 0) is 29.8 Å². The molecule has 0 aliphatic heterocycles. The van der Waals surface area contributed by atoms with Crippen LogP contribution in [-0.2, 0) is 11.3 Å². The number of nitrogens with one attached hydrogen (secondary N) is 3. The number of carbonyl (C=O) groups is 4. The van der Waals surface area contributed by atoms with Crippen LogP contribution < -0.4 is 16.0 Å². The molecule has 0 fully saturated rings. The number of esters is 1. The topological polar surface area (TPSA) is 114 Å². The molecule has 3 amide bonds. The first-order valence-corrected chi connectivity index (χ1v) is 11.8. The first-order chi connectivity index (χ1) is 18.5. The van der Waals surface area contributed by atoms with Crippen LogP contribution in [0, 0.1) is 0 Å². The lowest BCUT2D eigenvalue weighted by molar-refractivity contribution is 0.0472. The normalized spacial score (nSPS) is 10.2. The Hall–Kier alpha value is -5.24. The van der Waals surface area contributed by atoms with Crippen molar-refractivity contribution in [1.82, 2.24) is 10.6 Å².